The zero-order chi connectivity index (χ0) is 32.5. The third-order valence-corrected chi connectivity index (χ3v) is 9.59. The van der Waals surface area contributed by atoms with E-state index in [2.05, 4.69) is 0 Å². The summed E-state index contributed by atoms with van der Waals surface area (Å²) in [6.07, 6.45) is 0.313. The van der Waals surface area contributed by atoms with Gasteiger partial charge in [0, 0.05) is 10.9 Å². The molecule has 2 nitrogen and oxygen atoms in total. The molecular weight excluding hydrogens is 451 g/mol. The van der Waals surface area contributed by atoms with Crippen molar-refractivity contribution in [3.8, 4) is 22.3 Å². The molecule has 4 aliphatic rings. The molecule has 190 valence electrons. The highest BCUT2D eigenvalue weighted by molar-refractivity contribution is 6.62. The minimum atomic E-state index is -1.92. The molecule has 1 aliphatic heterocycles. The van der Waals surface area contributed by atoms with Crippen LogP contribution in [0.25, 0.3) is 22.3 Å². The van der Waals surface area contributed by atoms with Crippen molar-refractivity contribution in [3.05, 3.63) is 77.8 Å². The highest BCUT2D eigenvalue weighted by Crippen LogP contribution is 2.61. The molecule has 0 bridgehead atoms. The monoisotopic (exact) mass is 498 g/mol. The molecule has 3 aromatic carbocycles. The van der Waals surface area contributed by atoms with Crippen molar-refractivity contribution in [2.24, 2.45) is 5.41 Å². The van der Waals surface area contributed by atoms with Gasteiger partial charge in [-0.05, 0) is 116 Å². The largest absolute Gasteiger partial charge is 0.494 e. The summed E-state index contributed by atoms with van der Waals surface area (Å²) in [4.78, 5) is 0. The first kappa shape index (κ1) is 16.6. The van der Waals surface area contributed by atoms with Crippen molar-refractivity contribution in [1.82, 2.24) is 0 Å². The Labute approximate surface area is 234 Å². The average Bonchev–Trinajstić information content (AvgIpc) is 3.56. The molecule has 0 aromatic heterocycles. The fourth-order valence-electron chi connectivity index (χ4n) is 6.64. The van der Waals surface area contributed by atoms with Crippen LogP contribution < -0.4 is 5.46 Å². The number of fused-ring (bicyclic) bond motifs is 5. The normalized spacial score (nSPS) is 29.8. The summed E-state index contributed by atoms with van der Waals surface area (Å²) >= 11 is 0. The predicted molar refractivity (Wildman–Crippen MR) is 153 cm³/mol. The number of rotatable bonds is 2. The van der Waals surface area contributed by atoms with Crippen LogP contribution in [0.3, 0.4) is 0 Å². The van der Waals surface area contributed by atoms with E-state index in [-0.39, 0.29) is 53.5 Å². The van der Waals surface area contributed by atoms with E-state index in [1.54, 1.807) is 12.1 Å². The van der Waals surface area contributed by atoms with E-state index in [0.29, 0.717) is 16.7 Å². The Morgan fingerprint density at radius 2 is 1.46 bits per heavy atom. The summed E-state index contributed by atoms with van der Waals surface area (Å²) in [5.41, 5.74) is -0.143. The van der Waals surface area contributed by atoms with Crippen molar-refractivity contribution in [1.29, 1.82) is 0 Å². The molecule has 0 radical (unpaired) electrons. The van der Waals surface area contributed by atoms with Gasteiger partial charge in [-0.2, -0.15) is 0 Å². The van der Waals surface area contributed by atoms with Crippen LogP contribution in [0.5, 0.6) is 0 Å². The van der Waals surface area contributed by atoms with E-state index in [1.165, 1.54) is 0 Å². The Morgan fingerprint density at radius 1 is 0.784 bits per heavy atom. The second-order valence-corrected chi connectivity index (χ2v) is 12.3. The molecule has 1 saturated heterocycles. The molecule has 2 spiro atoms. The van der Waals surface area contributed by atoms with E-state index >= 15 is 0 Å². The van der Waals surface area contributed by atoms with E-state index in [9.17, 15) is 6.85 Å². The second kappa shape index (κ2) is 8.07. The Bertz CT molecular complexity index is 1710. The minimum absolute atomic E-state index is 0.0784. The molecule has 3 fully saturated rings. The highest BCUT2D eigenvalue weighted by atomic mass is 16.7. The molecule has 3 heteroatoms. The van der Waals surface area contributed by atoms with Crippen LogP contribution in [-0.2, 0) is 14.7 Å². The Balaban J connectivity index is 1.46. The minimum Gasteiger partial charge on any atom is -0.399 e. The first-order chi connectivity index (χ1) is 20.9. The fraction of sp³-hybridized carbons (Fsp3) is 0.471. The molecular formula is C34H39BO2. The van der Waals surface area contributed by atoms with Gasteiger partial charge in [0.25, 0.3) is 0 Å². The number of hydrogen-bond acceptors (Lipinski definition) is 2. The quantitative estimate of drug-likeness (QED) is 0.333. The highest BCUT2D eigenvalue weighted by Gasteiger charge is 2.52. The summed E-state index contributed by atoms with van der Waals surface area (Å²) in [7, 11) is -1.08. The molecule has 3 aliphatic carbocycles. The zero-order valence-corrected chi connectivity index (χ0v) is 22.2. The van der Waals surface area contributed by atoms with Gasteiger partial charge in [0.1, 0.15) is 0 Å². The van der Waals surface area contributed by atoms with Crippen LogP contribution in [0.15, 0.2) is 66.6 Å². The zero-order valence-electron chi connectivity index (χ0n) is 30.2. The van der Waals surface area contributed by atoms with Gasteiger partial charge in [-0.15, -0.1) is 0 Å². The van der Waals surface area contributed by atoms with Gasteiger partial charge >= 0.3 is 7.12 Å². The fourth-order valence-corrected chi connectivity index (χ4v) is 6.64. The van der Waals surface area contributed by atoms with Crippen LogP contribution >= 0.6 is 0 Å². The van der Waals surface area contributed by atoms with E-state index in [1.807, 2.05) is 58.0 Å². The third kappa shape index (κ3) is 3.53. The maximum absolute atomic E-state index is 9.69. The lowest BCUT2D eigenvalue weighted by Crippen LogP contribution is -2.41. The van der Waals surface area contributed by atoms with Crippen molar-refractivity contribution >= 4 is 12.6 Å². The second-order valence-electron chi connectivity index (χ2n) is 12.3. The van der Waals surface area contributed by atoms with Crippen LogP contribution in [0.1, 0.15) is 101 Å². The summed E-state index contributed by atoms with van der Waals surface area (Å²) < 4.78 is 86.8. The SMILES string of the molecule is [2H]c1c([2H])c(B2OC(C)(C)C(C)(C)O2)c([2H])c(-c2ccc3c(c2)C2(c4ccccc4-3)C([2H])([2H])CC3(CCCC3)CC2([2H])[2H])c1[2H]. The first-order valence-corrected chi connectivity index (χ1v) is 13.6. The van der Waals surface area contributed by atoms with Gasteiger partial charge in [0.2, 0.25) is 0 Å². The third-order valence-electron chi connectivity index (χ3n) is 9.59. The molecule has 2 saturated carbocycles. The topological polar surface area (TPSA) is 18.5 Å². The lowest BCUT2D eigenvalue weighted by Gasteiger charge is -2.44. The van der Waals surface area contributed by atoms with Gasteiger partial charge < -0.3 is 9.31 Å². The summed E-state index contributed by atoms with van der Waals surface area (Å²) in [5, 5.41) is 0. The van der Waals surface area contributed by atoms with E-state index in [0.717, 1.165) is 36.8 Å². The molecule has 7 rings (SSSR count). The van der Waals surface area contributed by atoms with Crippen molar-refractivity contribution in [2.75, 3.05) is 0 Å². The lowest BCUT2D eigenvalue weighted by molar-refractivity contribution is 0.00578. The molecule has 0 unspecified atom stereocenters. The van der Waals surface area contributed by atoms with Crippen LogP contribution in [0.4, 0.5) is 0 Å². The van der Waals surface area contributed by atoms with Gasteiger partial charge in [-0.3, -0.25) is 0 Å². The molecule has 0 N–H and O–H groups in total. The summed E-state index contributed by atoms with van der Waals surface area (Å²) in [5.74, 6) is 0. The molecule has 0 amide bonds. The summed E-state index contributed by atoms with van der Waals surface area (Å²) in [6, 6.07) is 11.8. The molecule has 1 heterocycles. The van der Waals surface area contributed by atoms with Gasteiger partial charge in [-0.1, -0.05) is 73.4 Å². The summed E-state index contributed by atoms with van der Waals surface area (Å²) in [6.45, 7) is 7.50. The predicted octanol–water partition coefficient (Wildman–Crippen LogP) is 8.05. The van der Waals surface area contributed by atoms with Crippen LogP contribution in [-0.4, -0.2) is 18.3 Å². The van der Waals surface area contributed by atoms with E-state index < -0.39 is 36.5 Å². The Hall–Kier alpha value is -2.36. The van der Waals surface area contributed by atoms with Crippen molar-refractivity contribution in [3.63, 3.8) is 0 Å². The maximum Gasteiger partial charge on any atom is 0.494 e. The van der Waals surface area contributed by atoms with Crippen molar-refractivity contribution in [2.45, 2.75) is 95.6 Å². The first-order valence-electron chi connectivity index (χ1n) is 17.6. The van der Waals surface area contributed by atoms with Gasteiger partial charge in [0.05, 0.1) is 16.7 Å². The molecule has 3 aromatic rings. The van der Waals surface area contributed by atoms with Crippen LogP contribution in [0, 0.1) is 5.41 Å². The molecule has 37 heavy (non-hydrogen) atoms. The maximum atomic E-state index is 9.69. The number of benzene rings is 3. The van der Waals surface area contributed by atoms with E-state index in [4.69, 9.17) is 13.4 Å². The Morgan fingerprint density at radius 3 is 2.19 bits per heavy atom. The standard InChI is InChI=1S/C34H39BO2/c1-31(2)32(3,4)37-35(36-31)26-11-9-10-24(22-26)25-14-15-28-27-12-5-6-13-29(27)34(30(28)23-25)20-18-33(19-21-34)16-7-8-17-33/h5-6,9-15,22-23H,7-8,16-21H2,1-4H3/i9D,10D,11D,20D2,21D2,22D. The smallest absolute Gasteiger partial charge is 0.399 e. The molecule has 0 atom stereocenters. The van der Waals surface area contributed by atoms with Gasteiger partial charge in [0.15, 0.2) is 0 Å². The lowest BCUT2D eigenvalue weighted by atomic mass is 9.59. The van der Waals surface area contributed by atoms with Crippen molar-refractivity contribution < 1.29 is 20.3 Å². The Kier molecular flexibility index (Phi) is 3.62. The number of hydrogen-bond donors (Lipinski definition) is 0. The average molecular weight is 499 g/mol. The van der Waals surface area contributed by atoms with Crippen LogP contribution in [0.2, 0.25) is 0 Å². The van der Waals surface area contributed by atoms with Gasteiger partial charge in [-0.25, -0.2) is 0 Å².